The molecule has 1 aromatic carbocycles. The van der Waals surface area contributed by atoms with Crippen molar-refractivity contribution < 1.29 is 9.90 Å². The van der Waals surface area contributed by atoms with Crippen LogP contribution in [0.4, 0.5) is 5.69 Å². The van der Waals surface area contributed by atoms with Gasteiger partial charge in [0.1, 0.15) is 11.8 Å². The summed E-state index contributed by atoms with van der Waals surface area (Å²) in [6, 6.07) is 6.13. The highest BCUT2D eigenvalue weighted by molar-refractivity contribution is 6.35. The first-order valence-electron chi connectivity index (χ1n) is 4.52. The molecule has 1 rings (SSSR count). The molecule has 0 aliphatic carbocycles. The lowest BCUT2D eigenvalue weighted by Gasteiger charge is -2.07. The molecule has 0 radical (unpaired) electrons. The van der Waals surface area contributed by atoms with E-state index >= 15 is 0 Å². The van der Waals surface area contributed by atoms with Gasteiger partial charge in [-0.3, -0.25) is 4.79 Å². The quantitative estimate of drug-likeness (QED) is 0.492. The number of carbonyl (C=O) groups is 1. The van der Waals surface area contributed by atoms with Crippen molar-refractivity contribution in [3.8, 4) is 6.07 Å². The van der Waals surface area contributed by atoms with Gasteiger partial charge in [-0.1, -0.05) is 23.2 Å². The van der Waals surface area contributed by atoms with Crippen molar-refractivity contribution in [1.29, 1.82) is 5.26 Å². The Morgan fingerprint density at radius 1 is 1.47 bits per heavy atom. The number of benzene rings is 1. The zero-order chi connectivity index (χ0) is 13.0. The van der Waals surface area contributed by atoms with Crippen molar-refractivity contribution >= 4 is 34.8 Å². The van der Waals surface area contributed by atoms with Crippen molar-refractivity contribution in [2.45, 2.75) is 6.92 Å². The van der Waals surface area contributed by atoms with Crippen molar-refractivity contribution in [2.75, 3.05) is 5.32 Å². The number of anilines is 1. The summed E-state index contributed by atoms with van der Waals surface area (Å²) in [6.07, 6.45) is 0. The normalized spacial score (nSPS) is 11.4. The van der Waals surface area contributed by atoms with Crippen LogP contribution in [0.2, 0.25) is 10.0 Å². The zero-order valence-electron chi connectivity index (χ0n) is 8.79. The molecule has 0 unspecified atom stereocenters. The zero-order valence-corrected chi connectivity index (χ0v) is 10.3. The molecule has 0 atom stereocenters. The summed E-state index contributed by atoms with van der Waals surface area (Å²) in [5.74, 6) is -1.10. The van der Waals surface area contributed by atoms with Crippen molar-refractivity contribution in [3.05, 3.63) is 39.6 Å². The van der Waals surface area contributed by atoms with Crippen LogP contribution in [-0.4, -0.2) is 11.0 Å². The molecule has 0 spiro atoms. The highest BCUT2D eigenvalue weighted by atomic mass is 35.5. The number of nitrogens with one attached hydrogen (secondary N) is 1. The third-order valence-corrected chi connectivity index (χ3v) is 2.44. The van der Waals surface area contributed by atoms with Gasteiger partial charge in [0.05, 0.1) is 10.7 Å². The van der Waals surface area contributed by atoms with Crippen molar-refractivity contribution in [1.82, 2.24) is 0 Å². The molecular formula is C11H8Cl2N2O2. The number of nitrogens with zero attached hydrogens (tertiary/aromatic N) is 1. The van der Waals surface area contributed by atoms with E-state index < -0.39 is 5.91 Å². The minimum atomic E-state index is -0.739. The standard InChI is InChI=1S/C11H8Cl2N2O2/c1-6(16)8(5-14)11(17)15-10-4-7(12)2-3-9(10)13/h2-4,16H,1H3,(H,15,17)/b8-6-. The molecule has 0 saturated heterocycles. The molecule has 17 heavy (non-hydrogen) atoms. The number of carbonyl (C=O) groups excluding carboxylic acids is 1. The summed E-state index contributed by atoms with van der Waals surface area (Å²) in [7, 11) is 0. The summed E-state index contributed by atoms with van der Waals surface area (Å²) in [4.78, 5) is 11.6. The van der Waals surface area contributed by atoms with Crippen molar-refractivity contribution in [3.63, 3.8) is 0 Å². The van der Waals surface area contributed by atoms with Crippen LogP contribution in [0.3, 0.4) is 0 Å². The van der Waals surface area contributed by atoms with Gasteiger partial charge in [-0.05, 0) is 25.1 Å². The SMILES string of the molecule is C/C(O)=C(\C#N)C(=O)Nc1cc(Cl)ccc1Cl. The van der Waals surface area contributed by atoms with Crippen LogP contribution >= 0.6 is 23.2 Å². The number of aliphatic hydroxyl groups excluding tert-OH is 1. The molecule has 0 fully saturated rings. The lowest BCUT2D eigenvalue weighted by molar-refractivity contribution is -0.112. The Morgan fingerprint density at radius 2 is 2.12 bits per heavy atom. The number of allylic oxidation sites excluding steroid dienone is 1. The maximum Gasteiger partial charge on any atom is 0.269 e. The van der Waals surface area contributed by atoms with Gasteiger partial charge in [0.25, 0.3) is 5.91 Å². The predicted octanol–water partition coefficient (Wildman–Crippen LogP) is 3.29. The Hall–Kier alpha value is -1.70. The Morgan fingerprint density at radius 3 is 2.65 bits per heavy atom. The van der Waals surface area contributed by atoms with Gasteiger partial charge >= 0.3 is 0 Å². The number of hydrogen-bond acceptors (Lipinski definition) is 3. The largest absolute Gasteiger partial charge is 0.511 e. The molecule has 0 saturated carbocycles. The summed E-state index contributed by atoms with van der Waals surface area (Å²) in [5, 5.41) is 20.9. The average molecular weight is 271 g/mol. The summed E-state index contributed by atoms with van der Waals surface area (Å²) in [6.45, 7) is 1.25. The van der Waals surface area contributed by atoms with Crippen LogP contribution in [0.5, 0.6) is 0 Å². The Kier molecular flexibility index (Phi) is 4.38. The molecule has 0 aliphatic heterocycles. The minimum Gasteiger partial charge on any atom is -0.511 e. The van der Waals surface area contributed by atoms with Gasteiger partial charge in [-0.25, -0.2) is 0 Å². The number of nitriles is 1. The molecule has 4 nitrogen and oxygen atoms in total. The van der Waals surface area contributed by atoms with E-state index in [0.29, 0.717) is 5.02 Å². The van der Waals surface area contributed by atoms with Gasteiger partial charge in [-0.2, -0.15) is 5.26 Å². The van der Waals surface area contributed by atoms with Gasteiger partial charge in [0.15, 0.2) is 5.57 Å². The fourth-order valence-corrected chi connectivity index (χ4v) is 1.41. The van der Waals surface area contributed by atoms with Crippen LogP contribution in [0.25, 0.3) is 0 Å². The fraction of sp³-hybridized carbons (Fsp3) is 0.0909. The maximum atomic E-state index is 11.6. The van der Waals surface area contributed by atoms with Crippen LogP contribution in [0, 0.1) is 11.3 Å². The van der Waals surface area contributed by atoms with E-state index in [9.17, 15) is 4.79 Å². The van der Waals surface area contributed by atoms with Gasteiger partial charge in [-0.15, -0.1) is 0 Å². The monoisotopic (exact) mass is 270 g/mol. The van der Waals surface area contributed by atoms with Crippen molar-refractivity contribution in [2.24, 2.45) is 0 Å². The molecule has 0 aromatic heterocycles. The molecule has 1 amide bonds. The van der Waals surface area contributed by atoms with E-state index in [1.54, 1.807) is 12.1 Å². The third kappa shape index (κ3) is 3.38. The molecule has 88 valence electrons. The summed E-state index contributed by atoms with van der Waals surface area (Å²) in [5.41, 5.74) is -0.0980. The number of amides is 1. The van der Waals surface area contributed by atoms with E-state index in [1.807, 2.05) is 0 Å². The number of halogens is 2. The molecule has 0 bridgehead atoms. The Bertz CT molecular complexity index is 529. The topological polar surface area (TPSA) is 73.1 Å². The summed E-state index contributed by atoms with van der Waals surface area (Å²) >= 11 is 11.6. The van der Waals surface area contributed by atoms with Crippen LogP contribution in [0.1, 0.15) is 6.92 Å². The first-order valence-corrected chi connectivity index (χ1v) is 5.27. The van der Waals surface area contributed by atoms with E-state index in [4.69, 9.17) is 33.6 Å². The molecule has 0 aliphatic rings. The maximum absolute atomic E-state index is 11.6. The fourth-order valence-electron chi connectivity index (χ4n) is 1.07. The van der Waals surface area contributed by atoms with Gasteiger partial charge in [0.2, 0.25) is 0 Å². The molecule has 2 N–H and O–H groups in total. The average Bonchev–Trinajstić information content (AvgIpc) is 2.24. The second-order valence-electron chi connectivity index (χ2n) is 3.15. The van der Waals surface area contributed by atoms with Crippen LogP contribution in [-0.2, 0) is 4.79 Å². The van der Waals surface area contributed by atoms with Crippen LogP contribution in [0.15, 0.2) is 29.5 Å². The number of aliphatic hydroxyl groups is 1. The minimum absolute atomic E-state index is 0.276. The molecular weight excluding hydrogens is 263 g/mol. The smallest absolute Gasteiger partial charge is 0.269 e. The second kappa shape index (κ2) is 5.58. The first-order chi connectivity index (χ1) is 7.95. The van der Waals surface area contributed by atoms with Gasteiger partial charge in [0, 0.05) is 5.02 Å². The van der Waals surface area contributed by atoms with Crippen LogP contribution < -0.4 is 5.32 Å². The lowest BCUT2D eigenvalue weighted by atomic mass is 10.2. The predicted molar refractivity (Wildman–Crippen MR) is 66.0 cm³/mol. The number of hydrogen-bond donors (Lipinski definition) is 2. The highest BCUT2D eigenvalue weighted by Crippen LogP contribution is 2.25. The highest BCUT2D eigenvalue weighted by Gasteiger charge is 2.14. The Balaban J connectivity index is 3.01. The second-order valence-corrected chi connectivity index (χ2v) is 3.99. The van der Waals surface area contributed by atoms with E-state index in [2.05, 4.69) is 5.32 Å². The third-order valence-electron chi connectivity index (χ3n) is 1.88. The molecule has 6 heteroatoms. The van der Waals surface area contributed by atoms with Gasteiger partial charge < -0.3 is 10.4 Å². The first kappa shape index (κ1) is 13.4. The lowest BCUT2D eigenvalue weighted by Crippen LogP contribution is -2.15. The Labute approximate surface area is 108 Å². The molecule has 1 aromatic rings. The van der Waals surface area contributed by atoms with E-state index in [1.165, 1.54) is 19.1 Å². The van der Waals surface area contributed by atoms with E-state index in [0.717, 1.165) is 0 Å². The van der Waals surface area contributed by atoms with E-state index in [-0.39, 0.29) is 22.0 Å². The number of rotatable bonds is 2. The molecule has 0 heterocycles. The summed E-state index contributed by atoms with van der Waals surface area (Å²) < 4.78 is 0.